The smallest absolute Gasteiger partial charge is 0.286 e. The number of benzene rings is 1. The van der Waals surface area contributed by atoms with E-state index in [2.05, 4.69) is 15.9 Å². The molecule has 3 rings (SSSR count). The van der Waals surface area contributed by atoms with E-state index in [4.69, 9.17) is 4.74 Å². The highest BCUT2D eigenvalue weighted by Crippen LogP contribution is 2.29. The Bertz CT molecular complexity index is 906. The van der Waals surface area contributed by atoms with Crippen molar-refractivity contribution in [2.45, 2.75) is 19.3 Å². The van der Waals surface area contributed by atoms with Crippen molar-refractivity contribution in [3.05, 3.63) is 67.5 Å². The summed E-state index contributed by atoms with van der Waals surface area (Å²) in [6, 6.07) is 4.38. The number of ketones is 1. The number of nitrogens with zero attached hydrogens (tertiary/aromatic N) is 1. The third-order valence-corrected chi connectivity index (χ3v) is 4.88. The van der Waals surface area contributed by atoms with Gasteiger partial charge in [0.05, 0.1) is 6.61 Å². The van der Waals surface area contributed by atoms with E-state index >= 15 is 0 Å². The number of hydrogen-bond acceptors (Lipinski definition) is 3. The van der Waals surface area contributed by atoms with Gasteiger partial charge in [-0.05, 0) is 36.5 Å². The summed E-state index contributed by atoms with van der Waals surface area (Å²) < 4.78 is 35.7. The van der Waals surface area contributed by atoms with Crippen molar-refractivity contribution in [3.63, 3.8) is 0 Å². The molecule has 138 valence electrons. The Kier molecular flexibility index (Phi) is 5.67. The van der Waals surface area contributed by atoms with Crippen LogP contribution in [0.1, 0.15) is 34.3 Å². The summed E-state index contributed by atoms with van der Waals surface area (Å²) in [4.78, 5) is 24.5. The Morgan fingerprint density at radius 2 is 2.08 bits per heavy atom. The second-order valence-electron chi connectivity index (χ2n) is 6.55. The normalized spacial score (nSPS) is 13.8. The largest absolute Gasteiger partial charge is 0.373 e. The van der Waals surface area contributed by atoms with Crippen LogP contribution >= 0.6 is 15.9 Å². The molecule has 0 unspecified atom stereocenters. The summed E-state index contributed by atoms with van der Waals surface area (Å²) >= 11 is 3.16. The standard InChI is InChI=1S/C19H18BrF2NO3/c1-23-8-15(17(24)10-26-9-11-2-3-11)14(18(22)19(23)25)6-12-4-5-13(20)7-16(12)21/h4-5,7-8,11H,2-3,6,9-10H2,1H3. The van der Waals surface area contributed by atoms with Crippen LogP contribution in [0.5, 0.6) is 0 Å². The molecule has 0 N–H and O–H groups in total. The van der Waals surface area contributed by atoms with Crippen LogP contribution in [0.15, 0.2) is 33.7 Å². The summed E-state index contributed by atoms with van der Waals surface area (Å²) in [6.07, 6.45) is 3.29. The lowest BCUT2D eigenvalue weighted by atomic mass is 9.98. The second-order valence-corrected chi connectivity index (χ2v) is 7.46. The molecule has 0 bridgehead atoms. The molecular formula is C19H18BrF2NO3. The van der Waals surface area contributed by atoms with Crippen molar-refractivity contribution in [1.82, 2.24) is 4.57 Å². The van der Waals surface area contributed by atoms with E-state index in [-0.39, 0.29) is 29.7 Å². The number of hydrogen-bond donors (Lipinski definition) is 0. The number of carbonyl (C=O) groups is 1. The highest BCUT2D eigenvalue weighted by atomic mass is 79.9. The molecule has 1 aromatic heterocycles. The number of aromatic nitrogens is 1. The van der Waals surface area contributed by atoms with E-state index in [0.29, 0.717) is 17.0 Å². The summed E-state index contributed by atoms with van der Waals surface area (Å²) in [5, 5.41) is 0. The average molecular weight is 426 g/mol. The number of ether oxygens (including phenoxy) is 1. The quantitative estimate of drug-likeness (QED) is 0.636. The van der Waals surface area contributed by atoms with Gasteiger partial charge < -0.3 is 9.30 Å². The lowest BCUT2D eigenvalue weighted by Crippen LogP contribution is -2.26. The number of pyridine rings is 1. The molecule has 1 aromatic carbocycles. The van der Waals surface area contributed by atoms with Gasteiger partial charge in [0.1, 0.15) is 12.4 Å². The average Bonchev–Trinajstić information content (AvgIpc) is 3.41. The van der Waals surface area contributed by atoms with Crippen LogP contribution in [0.2, 0.25) is 0 Å². The number of carbonyl (C=O) groups excluding carboxylic acids is 1. The third-order valence-electron chi connectivity index (χ3n) is 4.39. The molecule has 1 aliphatic rings. The molecule has 0 saturated heterocycles. The Labute approximate surface area is 157 Å². The van der Waals surface area contributed by atoms with Crippen molar-refractivity contribution in [2.75, 3.05) is 13.2 Å². The summed E-state index contributed by atoms with van der Waals surface area (Å²) in [5.41, 5.74) is -0.710. The van der Waals surface area contributed by atoms with E-state index < -0.39 is 23.0 Å². The maximum atomic E-state index is 14.6. The van der Waals surface area contributed by atoms with Gasteiger partial charge >= 0.3 is 0 Å². The van der Waals surface area contributed by atoms with E-state index in [1.165, 1.54) is 25.4 Å². The van der Waals surface area contributed by atoms with E-state index in [9.17, 15) is 18.4 Å². The summed E-state index contributed by atoms with van der Waals surface area (Å²) in [7, 11) is 1.37. The van der Waals surface area contributed by atoms with Crippen LogP contribution in [-0.4, -0.2) is 23.6 Å². The third kappa shape index (κ3) is 4.27. The van der Waals surface area contributed by atoms with Crippen molar-refractivity contribution >= 4 is 21.7 Å². The Balaban J connectivity index is 1.92. The lowest BCUT2D eigenvalue weighted by molar-refractivity contribution is 0.0737. The van der Waals surface area contributed by atoms with Crippen LogP contribution in [0, 0.1) is 17.6 Å². The fourth-order valence-electron chi connectivity index (χ4n) is 2.68. The fraction of sp³-hybridized carbons (Fsp3) is 0.368. The van der Waals surface area contributed by atoms with Gasteiger partial charge in [-0.25, -0.2) is 8.78 Å². The molecule has 1 saturated carbocycles. The zero-order valence-electron chi connectivity index (χ0n) is 14.2. The highest BCUT2D eigenvalue weighted by molar-refractivity contribution is 9.10. The Morgan fingerprint density at radius 1 is 1.35 bits per heavy atom. The molecule has 0 radical (unpaired) electrons. The van der Waals surface area contributed by atoms with Gasteiger partial charge in [0.25, 0.3) is 5.56 Å². The van der Waals surface area contributed by atoms with Crippen LogP contribution in [-0.2, 0) is 18.2 Å². The molecule has 1 heterocycles. The molecule has 26 heavy (non-hydrogen) atoms. The molecule has 0 amide bonds. The van der Waals surface area contributed by atoms with Gasteiger partial charge in [-0.3, -0.25) is 9.59 Å². The maximum Gasteiger partial charge on any atom is 0.286 e. The predicted octanol–water partition coefficient (Wildman–Crippen LogP) is 3.63. The SMILES string of the molecule is Cn1cc(C(=O)COCC2CC2)c(Cc2ccc(Br)cc2F)c(F)c1=O. The van der Waals surface area contributed by atoms with E-state index in [1.807, 2.05) is 0 Å². The van der Waals surface area contributed by atoms with Crippen LogP contribution in [0.25, 0.3) is 0 Å². The first-order chi connectivity index (χ1) is 12.4. The molecule has 0 aliphatic heterocycles. The molecule has 1 aliphatic carbocycles. The molecule has 0 spiro atoms. The highest BCUT2D eigenvalue weighted by Gasteiger charge is 2.24. The van der Waals surface area contributed by atoms with Crippen LogP contribution in [0.4, 0.5) is 8.78 Å². The summed E-state index contributed by atoms with van der Waals surface area (Å²) in [6.45, 7) is 0.306. The minimum atomic E-state index is -1.04. The number of Topliss-reactive ketones (excluding diaryl/α,β-unsaturated/α-hetero) is 1. The first-order valence-electron chi connectivity index (χ1n) is 8.29. The van der Waals surface area contributed by atoms with Crippen molar-refractivity contribution in [1.29, 1.82) is 0 Å². The minimum Gasteiger partial charge on any atom is -0.373 e. The summed E-state index contributed by atoms with van der Waals surface area (Å²) in [5.74, 6) is -1.51. The molecule has 1 fully saturated rings. The zero-order valence-corrected chi connectivity index (χ0v) is 15.8. The monoisotopic (exact) mass is 425 g/mol. The van der Waals surface area contributed by atoms with Gasteiger partial charge in [-0.15, -0.1) is 0 Å². The van der Waals surface area contributed by atoms with Gasteiger partial charge in [-0.2, -0.15) is 0 Å². The number of halogens is 3. The fourth-order valence-corrected chi connectivity index (χ4v) is 3.01. The predicted molar refractivity (Wildman–Crippen MR) is 96.4 cm³/mol. The van der Waals surface area contributed by atoms with Crippen molar-refractivity contribution in [3.8, 4) is 0 Å². The molecule has 2 aromatic rings. The zero-order chi connectivity index (χ0) is 18.8. The Morgan fingerprint density at radius 3 is 2.73 bits per heavy atom. The van der Waals surface area contributed by atoms with Crippen LogP contribution in [0.3, 0.4) is 0 Å². The van der Waals surface area contributed by atoms with Gasteiger partial charge in [0.15, 0.2) is 11.6 Å². The topological polar surface area (TPSA) is 48.3 Å². The maximum absolute atomic E-state index is 14.6. The van der Waals surface area contributed by atoms with Gasteiger partial charge in [0.2, 0.25) is 0 Å². The lowest BCUT2D eigenvalue weighted by Gasteiger charge is -2.13. The Hall–Kier alpha value is -1.86. The van der Waals surface area contributed by atoms with Gasteiger partial charge in [-0.1, -0.05) is 22.0 Å². The van der Waals surface area contributed by atoms with Crippen molar-refractivity contribution in [2.24, 2.45) is 13.0 Å². The second kappa shape index (κ2) is 7.80. The van der Waals surface area contributed by atoms with E-state index in [1.54, 1.807) is 6.07 Å². The minimum absolute atomic E-state index is 0.0442. The molecule has 4 nitrogen and oxygen atoms in total. The number of rotatable bonds is 7. The molecule has 7 heteroatoms. The first kappa shape index (κ1) is 18.9. The molecule has 0 atom stereocenters. The van der Waals surface area contributed by atoms with Gasteiger partial charge in [0, 0.05) is 35.3 Å². The number of aryl methyl sites for hydroxylation is 1. The molecular weight excluding hydrogens is 408 g/mol. The first-order valence-corrected chi connectivity index (χ1v) is 9.09. The van der Waals surface area contributed by atoms with E-state index in [0.717, 1.165) is 17.4 Å². The van der Waals surface area contributed by atoms with Crippen molar-refractivity contribution < 1.29 is 18.3 Å². The van der Waals surface area contributed by atoms with Crippen LogP contribution < -0.4 is 5.56 Å².